The molecule has 1 aromatic heterocycles. The van der Waals surface area contributed by atoms with Crippen LogP contribution in [0.2, 0.25) is 0 Å². The van der Waals surface area contributed by atoms with E-state index < -0.39 is 51.6 Å². The third-order valence-electron chi connectivity index (χ3n) is 9.48. The lowest BCUT2D eigenvalue weighted by Crippen LogP contribution is -2.73. The Morgan fingerprint density at radius 2 is 1.73 bits per heavy atom. The Morgan fingerprint density at radius 3 is 2.42 bits per heavy atom. The van der Waals surface area contributed by atoms with Gasteiger partial charge in [0, 0.05) is 39.3 Å². The Hall–Kier alpha value is -5.47. The predicted molar refractivity (Wildman–Crippen MR) is 189 cm³/mol. The Bertz CT molecular complexity index is 2200. The lowest BCUT2D eigenvalue weighted by Gasteiger charge is -2.49. The first-order chi connectivity index (χ1) is 25.2. The molecule has 2 amide bonds. The van der Waals surface area contributed by atoms with Crippen LogP contribution in [-0.4, -0.2) is 68.4 Å². The van der Waals surface area contributed by atoms with Crippen molar-refractivity contribution in [2.75, 3.05) is 19.0 Å². The molecule has 1 spiro atoms. The van der Waals surface area contributed by atoms with E-state index in [2.05, 4.69) is 12.2 Å². The third-order valence-corrected chi connectivity index (χ3v) is 12.0. The zero-order valence-corrected chi connectivity index (χ0v) is 29.4. The topological polar surface area (TPSA) is 158 Å². The summed E-state index contributed by atoms with van der Waals surface area (Å²) in [6.45, 7) is 2.32. The van der Waals surface area contributed by atoms with E-state index in [0.717, 1.165) is 22.6 Å². The number of hydrogen-bond donors (Lipinski definition) is 2. The molecule has 266 valence electrons. The van der Waals surface area contributed by atoms with Crippen LogP contribution in [0.3, 0.4) is 0 Å². The number of carbonyl (C=O) groups is 4. The quantitative estimate of drug-likeness (QED) is 0.124. The van der Waals surface area contributed by atoms with Gasteiger partial charge in [-0.15, -0.1) is 11.3 Å². The molecule has 0 saturated carbocycles. The second-order valence-electron chi connectivity index (χ2n) is 12.7. The molecule has 1 fully saturated rings. The first-order valence-electron chi connectivity index (χ1n) is 16.7. The number of carboxylic acids is 1. The van der Waals surface area contributed by atoms with Gasteiger partial charge < -0.3 is 29.4 Å². The van der Waals surface area contributed by atoms with Gasteiger partial charge in [0.05, 0.1) is 35.1 Å². The second kappa shape index (κ2) is 13.3. The number of amides is 2. The Labute approximate surface area is 304 Å². The summed E-state index contributed by atoms with van der Waals surface area (Å²) >= 11 is 1.40. The van der Waals surface area contributed by atoms with Crippen molar-refractivity contribution >= 4 is 45.9 Å². The summed E-state index contributed by atoms with van der Waals surface area (Å²) in [5, 5.41) is 13.6. The number of ether oxygens (including phenoxy) is 4. The molecule has 0 radical (unpaired) electrons. The molecule has 2 N–H and O–H groups in total. The largest absolute Gasteiger partial charge is 0.493 e. The fraction of sp³-hybridized carbons (Fsp3) is 0.263. The molecule has 8 rings (SSSR count). The molecule has 1 saturated heterocycles. The minimum Gasteiger partial charge on any atom is -0.493 e. The number of aliphatic carboxylic acids is 1. The molecule has 4 aliphatic heterocycles. The van der Waals surface area contributed by atoms with E-state index in [1.807, 2.05) is 35.7 Å². The monoisotopic (exact) mass is 740 g/mol. The molecular formula is C38H32N2O10S2. The molecular weight excluding hydrogens is 709 g/mol. The number of unbranched alkanes of at least 4 members (excludes halogenated alkanes) is 1. The summed E-state index contributed by atoms with van der Waals surface area (Å²) in [7, 11) is -1.72. The summed E-state index contributed by atoms with van der Waals surface area (Å²) in [6, 6.07) is 20.1. The maximum absolute atomic E-state index is 13.4. The van der Waals surface area contributed by atoms with E-state index >= 15 is 0 Å². The normalized spacial score (nSPS) is 22.3. The number of nitrogens with zero attached hydrogens (tertiary/aromatic N) is 1. The lowest BCUT2D eigenvalue weighted by atomic mass is 9.77. The molecule has 4 unspecified atom stereocenters. The van der Waals surface area contributed by atoms with E-state index in [-0.39, 0.29) is 30.1 Å². The molecule has 0 aliphatic carbocycles. The SMILES string of the molecule is CCCCOc1ccc2c(c1)Oc1cc(OCC3=C(C(=O)O)N4C(=O)C(NC(=O)Cc5cccs5)C4S(=O)C3)ccc1C21OC(=O)c2ccccc21. The van der Waals surface area contributed by atoms with Crippen molar-refractivity contribution in [3.63, 3.8) is 0 Å². The number of benzene rings is 3. The Kier molecular flexibility index (Phi) is 8.58. The van der Waals surface area contributed by atoms with Crippen molar-refractivity contribution in [1.82, 2.24) is 10.2 Å². The van der Waals surface area contributed by atoms with Crippen LogP contribution < -0.4 is 19.5 Å². The second-order valence-corrected chi connectivity index (χ2v) is 15.3. The van der Waals surface area contributed by atoms with E-state index in [4.69, 9.17) is 18.9 Å². The van der Waals surface area contributed by atoms with Gasteiger partial charge in [0.25, 0.3) is 5.91 Å². The molecule has 52 heavy (non-hydrogen) atoms. The average Bonchev–Trinajstić information content (AvgIpc) is 3.75. The number of β-lactam (4-membered cyclic amide) rings is 1. The molecule has 5 heterocycles. The van der Waals surface area contributed by atoms with E-state index in [9.17, 15) is 28.5 Å². The first-order valence-corrected chi connectivity index (χ1v) is 19.0. The standard InChI is InChI=1S/C38H32N2O10S2/c1-2-3-14-47-22-10-12-27-29(16-22)49-30-17-23(11-13-28(30)38(27)26-9-5-4-8-25(26)37(45)50-38)48-19-21-20-52(46)35-32(34(42)40(35)33(21)36(43)44)39-31(41)18-24-7-6-15-51-24/h4-13,15-17,32,35H,2-3,14,18-20H2,1H3,(H,39,41)(H,43,44). The van der Waals surface area contributed by atoms with Gasteiger partial charge in [-0.3, -0.25) is 18.7 Å². The molecule has 14 heteroatoms. The molecule has 12 nitrogen and oxygen atoms in total. The third kappa shape index (κ3) is 5.53. The number of rotatable bonds is 11. The number of hydrogen-bond acceptors (Lipinski definition) is 10. The maximum atomic E-state index is 13.4. The van der Waals surface area contributed by atoms with Gasteiger partial charge >= 0.3 is 11.9 Å². The average molecular weight is 741 g/mol. The number of esters is 1. The molecule has 4 aromatic rings. The van der Waals surface area contributed by atoms with Crippen LogP contribution in [0, 0.1) is 0 Å². The maximum Gasteiger partial charge on any atom is 0.352 e. The van der Waals surface area contributed by atoms with Crippen molar-refractivity contribution in [1.29, 1.82) is 0 Å². The minimum atomic E-state index is -1.72. The van der Waals surface area contributed by atoms with Crippen LogP contribution in [0.4, 0.5) is 0 Å². The Morgan fingerprint density at radius 1 is 1.00 bits per heavy atom. The van der Waals surface area contributed by atoms with Crippen LogP contribution in [0.5, 0.6) is 23.0 Å². The van der Waals surface area contributed by atoms with Gasteiger partial charge in [-0.2, -0.15) is 0 Å². The van der Waals surface area contributed by atoms with Crippen LogP contribution in [0.25, 0.3) is 0 Å². The highest BCUT2D eigenvalue weighted by atomic mass is 32.2. The van der Waals surface area contributed by atoms with Gasteiger partial charge in [0.1, 0.15) is 46.7 Å². The fourth-order valence-corrected chi connectivity index (χ4v) is 9.45. The van der Waals surface area contributed by atoms with Crippen LogP contribution in [0.1, 0.15) is 51.7 Å². The number of carbonyl (C=O) groups excluding carboxylic acids is 3. The van der Waals surface area contributed by atoms with E-state index in [1.54, 1.807) is 42.5 Å². The van der Waals surface area contributed by atoms with E-state index in [0.29, 0.717) is 51.9 Å². The number of fused-ring (bicyclic) bond motifs is 7. The summed E-state index contributed by atoms with van der Waals surface area (Å²) in [5.74, 6) is -1.41. The molecule has 0 bridgehead atoms. The minimum absolute atomic E-state index is 0.0571. The van der Waals surface area contributed by atoms with Crippen LogP contribution in [-0.2, 0) is 41.9 Å². The van der Waals surface area contributed by atoms with Crippen molar-refractivity contribution < 1.29 is 47.4 Å². The first kappa shape index (κ1) is 33.7. The predicted octanol–water partition coefficient (Wildman–Crippen LogP) is 4.87. The number of thiophene rings is 1. The van der Waals surface area contributed by atoms with Gasteiger partial charge in [0.2, 0.25) is 5.91 Å². The van der Waals surface area contributed by atoms with Crippen molar-refractivity contribution in [2.45, 2.75) is 43.2 Å². The molecule has 4 atom stereocenters. The summed E-state index contributed by atoms with van der Waals surface area (Å²) in [4.78, 5) is 53.3. The van der Waals surface area contributed by atoms with E-state index in [1.165, 1.54) is 11.3 Å². The van der Waals surface area contributed by atoms with Gasteiger partial charge in [-0.25, -0.2) is 9.59 Å². The number of nitrogens with one attached hydrogen (secondary N) is 1. The smallest absolute Gasteiger partial charge is 0.352 e. The number of carboxylic acid groups (broad SMARTS) is 1. The zero-order chi connectivity index (χ0) is 36.1. The Balaban J connectivity index is 1.07. The van der Waals surface area contributed by atoms with Crippen LogP contribution in [0.15, 0.2) is 89.4 Å². The van der Waals surface area contributed by atoms with Crippen molar-refractivity contribution in [3.05, 3.63) is 117 Å². The van der Waals surface area contributed by atoms with Gasteiger partial charge in [0.15, 0.2) is 5.60 Å². The lowest BCUT2D eigenvalue weighted by molar-refractivity contribution is -0.150. The van der Waals surface area contributed by atoms with Crippen LogP contribution >= 0.6 is 11.3 Å². The van der Waals surface area contributed by atoms with Crippen molar-refractivity contribution in [3.8, 4) is 23.0 Å². The highest BCUT2D eigenvalue weighted by Crippen LogP contribution is 2.57. The molecule has 3 aromatic carbocycles. The summed E-state index contributed by atoms with van der Waals surface area (Å²) < 4.78 is 38.1. The van der Waals surface area contributed by atoms with Crippen molar-refractivity contribution in [2.24, 2.45) is 0 Å². The fourth-order valence-electron chi connectivity index (χ4n) is 7.08. The highest BCUT2D eigenvalue weighted by Gasteiger charge is 2.57. The molecule has 4 aliphatic rings. The highest BCUT2D eigenvalue weighted by molar-refractivity contribution is 7.86. The van der Waals surface area contributed by atoms with Gasteiger partial charge in [-0.05, 0) is 48.2 Å². The van der Waals surface area contributed by atoms with Gasteiger partial charge in [-0.1, -0.05) is 37.6 Å². The summed E-state index contributed by atoms with van der Waals surface area (Å²) in [5.41, 5.74) is 0.832. The zero-order valence-electron chi connectivity index (χ0n) is 27.8. The summed E-state index contributed by atoms with van der Waals surface area (Å²) in [6.07, 6.45) is 1.91.